The number of thiophene rings is 1. The summed E-state index contributed by atoms with van der Waals surface area (Å²) in [6, 6.07) is 21.0. The number of allylic oxidation sites excluding steroid dienone is 2. The van der Waals surface area contributed by atoms with Gasteiger partial charge in [0.05, 0.1) is 16.3 Å². The van der Waals surface area contributed by atoms with Crippen LogP contribution in [-0.4, -0.2) is 20.9 Å². The number of aliphatic hydroxyl groups excluding tert-OH is 1. The predicted molar refractivity (Wildman–Crippen MR) is 195 cm³/mol. The number of rotatable bonds is 8. The molecule has 1 N–H and O–H groups in total. The van der Waals surface area contributed by atoms with Gasteiger partial charge in [0.2, 0.25) is 0 Å². The molecule has 0 atom stereocenters. The Labute approximate surface area is 298 Å². The fourth-order valence-corrected chi connectivity index (χ4v) is 7.95. The quantitative estimate of drug-likeness (QED) is 0.0962. The number of benzene rings is 2. The summed E-state index contributed by atoms with van der Waals surface area (Å²) in [4.78, 5) is 22.6. The van der Waals surface area contributed by atoms with Crippen LogP contribution in [-0.2, 0) is 43.2 Å². The molecule has 6 heteroatoms. The van der Waals surface area contributed by atoms with Crippen LogP contribution in [0.15, 0.2) is 72.8 Å². The molecular formula is C41H47IrN2O2S-. The summed E-state index contributed by atoms with van der Waals surface area (Å²) >= 11 is 1.84. The topological polar surface area (TPSA) is 63.1 Å². The molecule has 2 aromatic carbocycles. The Kier molecular flexibility index (Phi) is 12.3. The van der Waals surface area contributed by atoms with Gasteiger partial charge < -0.3 is 5.11 Å². The predicted octanol–water partition coefficient (Wildman–Crippen LogP) is 11.2. The van der Waals surface area contributed by atoms with Crippen molar-refractivity contribution >= 4 is 38.0 Å². The Hall–Kier alpha value is -3.18. The second kappa shape index (κ2) is 15.8. The molecule has 0 bridgehead atoms. The number of carbonyl (C=O) groups is 1. The third kappa shape index (κ3) is 7.77. The third-order valence-electron chi connectivity index (χ3n) is 9.38. The average molecular weight is 824 g/mol. The van der Waals surface area contributed by atoms with E-state index in [0.29, 0.717) is 0 Å². The van der Waals surface area contributed by atoms with Gasteiger partial charge in [-0.25, -0.2) is 0 Å². The molecule has 249 valence electrons. The number of carbonyl (C=O) groups excluding carboxylic acids is 1. The van der Waals surface area contributed by atoms with Crippen LogP contribution in [0.3, 0.4) is 0 Å². The second-order valence-corrected chi connectivity index (χ2v) is 14.4. The number of aryl methyl sites for hydroxylation is 2. The van der Waals surface area contributed by atoms with E-state index in [-0.39, 0.29) is 48.9 Å². The summed E-state index contributed by atoms with van der Waals surface area (Å²) in [5, 5.41) is 13.5. The molecule has 0 unspecified atom stereocenters. The van der Waals surface area contributed by atoms with Crippen molar-refractivity contribution in [2.75, 3.05) is 0 Å². The number of fused-ring (bicyclic) bond motifs is 6. The maximum absolute atomic E-state index is 11.7. The molecule has 0 amide bonds. The Morgan fingerprint density at radius 3 is 2.26 bits per heavy atom. The van der Waals surface area contributed by atoms with Crippen molar-refractivity contribution in [1.82, 2.24) is 9.97 Å². The van der Waals surface area contributed by atoms with Crippen LogP contribution in [0, 0.1) is 17.9 Å². The zero-order valence-corrected chi connectivity index (χ0v) is 32.0. The average Bonchev–Trinajstić information content (AvgIpc) is 3.45. The van der Waals surface area contributed by atoms with E-state index in [4.69, 9.17) is 9.97 Å². The van der Waals surface area contributed by atoms with Gasteiger partial charge in [0.25, 0.3) is 0 Å². The molecule has 1 radical (unpaired) electrons. The van der Waals surface area contributed by atoms with E-state index in [1.54, 1.807) is 0 Å². The maximum atomic E-state index is 11.7. The first kappa shape index (κ1) is 36.7. The van der Waals surface area contributed by atoms with Crippen LogP contribution in [0.2, 0.25) is 0 Å². The maximum Gasteiger partial charge on any atom is 0.162 e. The van der Waals surface area contributed by atoms with Gasteiger partial charge in [-0.1, -0.05) is 83.7 Å². The van der Waals surface area contributed by atoms with Gasteiger partial charge in [-0.05, 0) is 72.6 Å². The van der Waals surface area contributed by atoms with Crippen molar-refractivity contribution < 1.29 is 30.0 Å². The fraction of sp³-hybridized carbons (Fsp3) is 0.390. The van der Waals surface area contributed by atoms with Crippen molar-refractivity contribution in [3.05, 3.63) is 95.5 Å². The zero-order chi connectivity index (χ0) is 33.0. The van der Waals surface area contributed by atoms with Crippen molar-refractivity contribution in [3.8, 4) is 21.8 Å². The van der Waals surface area contributed by atoms with Gasteiger partial charge >= 0.3 is 0 Å². The summed E-state index contributed by atoms with van der Waals surface area (Å²) in [5.41, 5.74) is 7.40. The Morgan fingerprint density at radius 1 is 0.894 bits per heavy atom. The number of nitrogens with zero attached hydrogens (tertiary/aromatic N) is 2. The molecule has 0 saturated heterocycles. The van der Waals surface area contributed by atoms with E-state index in [9.17, 15) is 9.90 Å². The molecule has 0 aliphatic heterocycles. The van der Waals surface area contributed by atoms with E-state index in [1.165, 1.54) is 43.1 Å². The van der Waals surface area contributed by atoms with Crippen LogP contribution in [0.5, 0.6) is 0 Å². The van der Waals surface area contributed by atoms with Crippen molar-refractivity contribution in [1.29, 1.82) is 0 Å². The molecule has 0 saturated carbocycles. The number of aliphatic hydroxyl groups is 1. The molecule has 6 rings (SSSR count). The molecule has 3 aromatic heterocycles. The third-order valence-corrected chi connectivity index (χ3v) is 10.6. The molecule has 47 heavy (non-hydrogen) atoms. The second-order valence-electron chi connectivity index (χ2n) is 13.3. The van der Waals surface area contributed by atoms with Crippen molar-refractivity contribution in [2.45, 2.75) is 92.4 Å². The molecule has 0 spiro atoms. The minimum Gasteiger partial charge on any atom is -0.512 e. The first-order valence-electron chi connectivity index (χ1n) is 16.9. The van der Waals surface area contributed by atoms with E-state index < -0.39 is 0 Å². The van der Waals surface area contributed by atoms with Gasteiger partial charge in [0.15, 0.2) is 5.78 Å². The van der Waals surface area contributed by atoms with Gasteiger partial charge in [-0.3, -0.25) is 14.8 Å². The molecule has 4 nitrogen and oxygen atoms in total. The van der Waals surface area contributed by atoms with Gasteiger partial charge in [0.1, 0.15) is 0 Å². The molecular weight excluding hydrogens is 777 g/mol. The SMILES string of the molecule is CC(C)(C)c1cc(-c2nccc3c4c(sc23)-c2ncccc2CC4)[c-]c2ccccc12.CCC(CC)C(=O)/C=C(\O)C(CC)CC.[Ir]. The Morgan fingerprint density at radius 2 is 1.57 bits per heavy atom. The molecule has 1 aliphatic carbocycles. The zero-order valence-electron chi connectivity index (χ0n) is 28.7. The van der Waals surface area contributed by atoms with Gasteiger partial charge in [0, 0.05) is 60.8 Å². The summed E-state index contributed by atoms with van der Waals surface area (Å²) in [5.74, 6) is 0.547. The number of aromatic nitrogens is 2. The summed E-state index contributed by atoms with van der Waals surface area (Å²) in [7, 11) is 0. The largest absolute Gasteiger partial charge is 0.512 e. The van der Waals surface area contributed by atoms with E-state index in [2.05, 4.69) is 69.3 Å². The summed E-state index contributed by atoms with van der Waals surface area (Å²) in [6.07, 6.45) is 10.9. The fourth-order valence-electron chi connectivity index (χ4n) is 6.57. The van der Waals surface area contributed by atoms with Crippen LogP contribution < -0.4 is 0 Å². The Balaban J connectivity index is 0.000000269. The number of ketones is 1. The monoisotopic (exact) mass is 824 g/mol. The van der Waals surface area contributed by atoms with Crippen molar-refractivity contribution in [3.63, 3.8) is 0 Å². The number of hydrogen-bond acceptors (Lipinski definition) is 5. The number of pyridine rings is 2. The van der Waals surface area contributed by atoms with Crippen LogP contribution in [0.1, 0.15) is 90.8 Å². The van der Waals surface area contributed by atoms with Gasteiger partial charge in [-0.15, -0.1) is 40.5 Å². The molecule has 1 aliphatic rings. The summed E-state index contributed by atoms with van der Waals surface area (Å²) in [6.45, 7) is 14.9. The standard InChI is InChI=1S/C28H23N2S.C13H24O2.Ir/c1-28(2,3)23-16-19(15-18-7-4-5-9-20(18)23)25-27-22(12-14-30-25)21-11-10-17-8-6-13-29-24(17)26(21)31-27;1-5-10(6-2)12(14)9-13(15)11(7-3)8-4;/h4-9,12-14,16H,10-11H2,1-3H3;9-11,14H,5-8H2,1-4H3;/q-1;;/b;12-9-;. The molecule has 0 fully saturated rings. The van der Waals surface area contributed by atoms with Gasteiger partial charge in [-0.2, -0.15) is 0 Å². The van der Waals surface area contributed by atoms with Crippen molar-refractivity contribution in [2.24, 2.45) is 11.8 Å². The molecule has 5 aromatic rings. The Bertz CT molecular complexity index is 1880. The van der Waals surface area contributed by atoms with Crippen LogP contribution in [0.25, 0.3) is 42.7 Å². The van der Waals surface area contributed by atoms with E-state index in [1.807, 2.05) is 57.5 Å². The minimum absolute atomic E-state index is 0. The number of hydrogen-bond donors (Lipinski definition) is 1. The smallest absolute Gasteiger partial charge is 0.162 e. The minimum atomic E-state index is 0. The normalized spacial score (nSPS) is 12.8. The van der Waals surface area contributed by atoms with E-state index in [0.717, 1.165) is 60.9 Å². The van der Waals surface area contributed by atoms with Crippen LogP contribution in [0.4, 0.5) is 0 Å². The van der Waals surface area contributed by atoms with Crippen LogP contribution >= 0.6 is 11.3 Å². The first-order valence-corrected chi connectivity index (χ1v) is 17.7. The summed E-state index contributed by atoms with van der Waals surface area (Å²) < 4.78 is 1.25. The molecule has 3 heterocycles. The van der Waals surface area contributed by atoms with E-state index >= 15 is 0 Å². The first-order chi connectivity index (χ1) is 22.1.